The van der Waals surface area contributed by atoms with Crippen molar-refractivity contribution in [2.45, 2.75) is 11.8 Å². The van der Waals surface area contributed by atoms with Gasteiger partial charge in [0.1, 0.15) is 12.4 Å². The normalized spacial score (nSPS) is 13.3. The van der Waals surface area contributed by atoms with Crippen molar-refractivity contribution in [3.8, 4) is 5.75 Å². The summed E-state index contributed by atoms with van der Waals surface area (Å²) in [5, 5.41) is 14.4. The summed E-state index contributed by atoms with van der Waals surface area (Å²) < 4.78 is 7.50. The number of benzene rings is 2. The molecule has 2 aromatic carbocycles. The molecule has 0 atom stereocenters. The summed E-state index contributed by atoms with van der Waals surface area (Å²) >= 11 is 7.73. The standard InChI is InChI=1S/C17H13ClN4OS/c18-13-8-4-5-9-15(13)23-10-16-19-20-17-22(16)21-14(11-24-17)12-6-2-1-3-7-12/h1-9H,10-11H2. The number of nitrogens with zero attached hydrogens (tertiary/aromatic N) is 4. The zero-order valence-electron chi connectivity index (χ0n) is 12.6. The first-order valence-electron chi connectivity index (χ1n) is 7.39. The van der Waals surface area contributed by atoms with Crippen LogP contribution in [0.15, 0.2) is 64.9 Å². The van der Waals surface area contributed by atoms with Gasteiger partial charge in [-0.05, 0) is 17.7 Å². The Hall–Kier alpha value is -2.31. The van der Waals surface area contributed by atoms with Gasteiger partial charge >= 0.3 is 0 Å². The second-order valence-electron chi connectivity index (χ2n) is 5.13. The molecule has 24 heavy (non-hydrogen) atoms. The third-order valence-electron chi connectivity index (χ3n) is 3.54. The van der Waals surface area contributed by atoms with Crippen LogP contribution in [0.2, 0.25) is 5.02 Å². The number of fused-ring (bicyclic) bond motifs is 1. The van der Waals surface area contributed by atoms with Crippen molar-refractivity contribution in [3.05, 3.63) is 71.0 Å². The zero-order valence-corrected chi connectivity index (χ0v) is 14.2. The summed E-state index contributed by atoms with van der Waals surface area (Å²) in [6.45, 7) is 0.253. The number of hydrogen-bond acceptors (Lipinski definition) is 5. The van der Waals surface area contributed by atoms with E-state index >= 15 is 0 Å². The van der Waals surface area contributed by atoms with Gasteiger partial charge < -0.3 is 4.74 Å². The van der Waals surface area contributed by atoms with E-state index in [0.29, 0.717) is 16.6 Å². The maximum Gasteiger partial charge on any atom is 0.212 e. The van der Waals surface area contributed by atoms with Crippen LogP contribution in [0.4, 0.5) is 0 Å². The quantitative estimate of drug-likeness (QED) is 0.712. The van der Waals surface area contributed by atoms with Crippen LogP contribution in [-0.2, 0) is 6.61 Å². The van der Waals surface area contributed by atoms with Crippen LogP contribution < -0.4 is 4.74 Å². The summed E-state index contributed by atoms with van der Waals surface area (Å²) in [7, 11) is 0. The predicted molar refractivity (Wildman–Crippen MR) is 94.9 cm³/mol. The number of rotatable bonds is 4. The van der Waals surface area contributed by atoms with Gasteiger partial charge in [0.05, 0.1) is 10.7 Å². The molecule has 4 rings (SSSR count). The molecule has 120 valence electrons. The molecule has 0 saturated carbocycles. The van der Waals surface area contributed by atoms with Gasteiger partial charge in [-0.25, -0.2) is 0 Å². The smallest absolute Gasteiger partial charge is 0.212 e. The van der Waals surface area contributed by atoms with Gasteiger partial charge in [-0.2, -0.15) is 9.78 Å². The fraction of sp³-hybridized carbons (Fsp3) is 0.118. The number of aromatic nitrogens is 3. The summed E-state index contributed by atoms with van der Waals surface area (Å²) in [5.41, 5.74) is 2.09. The van der Waals surface area contributed by atoms with Gasteiger partial charge in [-0.3, -0.25) is 0 Å². The molecule has 0 N–H and O–H groups in total. The third kappa shape index (κ3) is 3.02. The minimum Gasteiger partial charge on any atom is -0.484 e. The van der Waals surface area contributed by atoms with Crippen molar-refractivity contribution in [3.63, 3.8) is 0 Å². The van der Waals surface area contributed by atoms with E-state index in [1.165, 1.54) is 0 Å². The number of para-hydroxylation sites is 1. The minimum atomic E-state index is 0.253. The molecule has 1 aromatic heterocycles. The average molecular weight is 357 g/mol. The van der Waals surface area contributed by atoms with E-state index in [9.17, 15) is 0 Å². The predicted octanol–water partition coefficient (Wildman–Crippen LogP) is 3.87. The highest BCUT2D eigenvalue weighted by Gasteiger charge is 2.20. The Morgan fingerprint density at radius 2 is 1.83 bits per heavy atom. The van der Waals surface area contributed by atoms with Crippen molar-refractivity contribution in [1.29, 1.82) is 0 Å². The van der Waals surface area contributed by atoms with E-state index in [4.69, 9.17) is 16.3 Å². The molecule has 0 bridgehead atoms. The maximum atomic E-state index is 6.11. The highest BCUT2D eigenvalue weighted by Crippen LogP contribution is 2.26. The van der Waals surface area contributed by atoms with Crippen molar-refractivity contribution >= 4 is 29.1 Å². The first-order valence-corrected chi connectivity index (χ1v) is 8.75. The van der Waals surface area contributed by atoms with Crippen molar-refractivity contribution < 1.29 is 4.74 Å². The molecule has 0 amide bonds. The summed E-state index contributed by atoms with van der Waals surface area (Å²) in [5.74, 6) is 2.03. The second kappa shape index (κ2) is 6.67. The van der Waals surface area contributed by atoms with Crippen molar-refractivity contribution in [1.82, 2.24) is 14.9 Å². The number of halogens is 1. The molecule has 2 heterocycles. The Morgan fingerprint density at radius 1 is 1.04 bits per heavy atom. The van der Waals surface area contributed by atoms with Crippen LogP contribution in [0.1, 0.15) is 11.4 Å². The SMILES string of the molecule is Clc1ccccc1OCc1nnc2n1N=C(c1ccccc1)CS2. The van der Waals surface area contributed by atoms with E-state index in [1.54, 1.807) is 22.5 Å². The fourth-order valence-electron chi connectivity index (χ4n) is 2.33. The van der Waals surface area contributed by atoms with E-state index in [-0.39, 0.29) is 6.61 Å². The van der Waals surface area contributed by atoms with Crippen LogP contribution in [0.25, 0.3) is 0 Å². The van der Waals surface area contributed by atoms with Gasteiger partial charge in [-0.1, -0.05) is 65.8 Å². The zero-order chi connectivity index (χ0) is 16.4. The van der Waals surface area contributed by atoms with E-state index in [2.05, 4.69) is 27.4 Å². The molecule has 0 unspecified atom stereocenters. The largest absolute Gasteiger partial charge is 0.484 e. The molecule has 5 nitrogen and oxygen atoms in total. The van der Waals surface area contributed by atoms with Gasteiger partial charge in [-0.15, -0.1) is 10.2 Å². The van der Waals surface area contributed by atoms with Gasteiger partial charge in [0.2, 0.25) is 5.16 Å². The lowest BCUT2D eigenvalue weighted by Crippen LogP contribution is -2.15. The number of thioether (sulfide) groups is 1. The van der Waals surface area contributed by atoms with E-state index in [1.807, 2.05) is 36.4 Å². The van der Waals surface area contributed by atoms with Crippen LogP contribution in [0.3, 0.4) is 0 Å². The molecular formula is C17H13ClN4OS. The highest BCUT2D eigenvalue weighted by atomic mass is 35.5. The molecule has 0 fully saturated rings. The molecular weight excluding hydrogens is 344 g/mol. The van der Waals surface area contributed by atoms with Crippen LogP contribution in [0.5, 0.6) is 5.75 Å². The first kappa shape index (κ1) is 15.2. The Bertz CT molecular complexity index is 895. The molecule has 0 radical (unpaired) electrons. The molecule has 0 spiro atoms. The summed E-state index contributed by atoms with van der Waals surface area (Å²) in [6.07, 6.45) is 0. The highest BCUT2D eigenvalue weighted by molar-refractivity contribution is 7.99. The van der Waals surface area contributed by atoms with Crippen LogP contribution in [-0.4, -0.2) is 26.3 Å². The maximum absolute atomic E-state index is 6.11. The molecule has 0 aliphatic carbocycles. The first-order chi connectivity index (χ1) is 11.8. The fourth-order valence-corrected chi connectivity index (χ4v) is 3.38. The second-order valence-corrected chi connectivity index (χ2v) is 6.48. The van der Waals surface area contributed by atoms with Crippen molar-refractivity contribution in [2.24, 2.45) is 5.10 Å². The third-order valence-corrected chi connectivity index (χ3v) is 4.78. The Kier molecular flexibility index (Phi) is 4.23. The van der Waals surface area contributed by atoms with E-state index < -0.39 is 0 Å². The Morgan fingerprint density at radius 3 is 2.67 bits per heavy atom. The van der Waals surface area contributed by atoms with Crippen LogP contribution >= 0.6 is 23.4 Å². The molecule has 1 aliphatic rings. The van der Waals surface area contributed by atoms with Crippen molar-refractivity contribution in [2.75, 3.05) is 5.75 Å². The van der Waals surface area contributed by atoms with Crippen LogP contribution in [0, 0.1) is 0 Å². The summed E-state index contributed by atoms with van der Waals surface area (Å²) in [4.78, 5) is 0. The number of hydrogen-bond donors (Lipinski definition) is 0. The summed E-state index contributed by atoms with van der Waals surface area (Å²) in [6, 6.07) is 17.5. The minimum absolute atomic E-state index is 0.253. The molecule has 1 aliphatic heterocycles. The lowest BCUT2D eigenvalue weighted by molar-refractivity contribution is 0.290. The monoisotopic (exact) mass is 356 g/mol. The molecule has 7 heteroatoms. The van der Waals surface area contributed by atoms with Gasteiger partial charge in [0.25, 0.3) is 0 Å². The lowest BCUT2D eigenvalue weighted by atomic mass is 10.1. The lowest BCUT2D eigenvalue weighted by Gasteiger charge is -2.14. The topological polar surface area (TPSA) is 52.3 Å². The van der Waals surface area contributed by atoms with Gasteiger partial charge in [0.15, 0.2) is 5.82 Å². The Labute approximate surface area is 148 Å². The Balaban J connectivity index is 1.59. The average Bonchev–Trinajstić information content (AvgIpc) is 3.04. The molecule has 3 aromatic rings. The van der Waals surface area contributed by atoms with Gasteiger partial charge in [0, 0.05) is 5.75 Å². The van der Waals surface area contributed by atoms with E-state index in [0.717, 1.165) is 22.2 Å². The molecule has 0 saturated heterocycles. The number of ether oxygens (including phenoxy) is 1.